The van der Waals surface area contributed by atoms with Crippen LogP contribution in [0.1, 0.15) is 32.9 Å². The van der Waals surface area contributed by atoms with Crippen LogP contribution in [0.4, 0.5) is 0 Å². The molecule has 2 aromatic rings. The first-order chi connectivity index (χ1) is 8.59. The van der Waals surface area contributed by atoms with Crippen molar-refractivity contribution in [3.05, 3.63) is 23.5 Å². The first-order valence-electron chi connectivity index (χ1n) is 6.17. The highest BCUT2D eigenvalue weighted by molar-refractivity contribution is 7.15. The number of rotatable bonds is 6. The fourth-order valence-corrected chi connectivity index (χ4v) is 2.63. The molecule has 0 bridgehead atoms. The summed E-state index contributed by atoms with van der Waals surface area (Å²) in [5.74, 6) is 0.0950. The van der Waals surface area contributed by atoms with E-state index < -0.39 is 5.60 Å². The van der Waals surface area contributed by atoms with Crippen molar-refractivity contribution >= 4 is 22.1 Å². The predicted octanol–water partition coefficient (Wildman–Crippen LogP) is 2.71. The Bertz CT molecular complexity index is 517. The van der Waals surface area contributed by atoms with Crippen LogP contribution < -0.4 is 0 Å². The first-order valence-corrected chi connectivity index (χ1v) is 7.05. The summed E-state index contributed by atoms with van der Waals surface area (Å²) in [6, 6.07) is 0. The maximum atomic E-state index is 12.3. The highest BCUT2D eigenvalue weighted by Gasteiger charge is 2.31. The maximum Gasteiger partial charge on any atom is 0.193 e. The van der Waals surface area contributed by atoms with E-state index in [9.17, 15) is 4.79 Å². The van der Waals surface area contributed by atoms with E-state index in [1.54, 1.807) is 11.3 Å². The zero-order valence-electron chi connectivity index (χ0n) is 11.0. The topological polar surface area (TPSA) is 43.6 Å². The van der Waals surface area contributed by atoms with Gasteiger partial charge in [0.15, 0.2) is 10.7 Å². The molecule has 0 saturated carbocycles. The lowest BCUT2D eigenvalue weighted by Gasteiger charge is -2.26. The normalized spacial score (nSPS) is 14.8. The second kappa shape index (κ2) is 5.20. The van der Waals surface area contributed by atoms with Crippen LogP contribution in [0.2, 0.25) is 0 Å². The van der Waals surface area contributed by atoms with Crippen molar-refractivity contribution in [2.45, 2.75) is 39.2 Å². The molecule has 2 heterocycles. The molecule has 0 aliphatic carbocycles. The molecule has 0 aliphatic heterocycles. The SMILES string of the molecule is CCOC(C)(CC)C(=O)Cc1cn2ccsc2n1. The molecule has 0 amide bonds. The van der Waals surface area contributed by atoms with Crippen molar-refractivity contribution in [3.63, 3.8) is 0 Å². The molecule has 1 unspecified atom stereocenters. The van der Waals surface area contributed by atoms with E-state index in [2.05, 4.69) is 4.98 Å². The fraction of sp³-hybridized carbons (Fsp3) is 0.538. The minimum Gasteiger partial charge on any atom is -0.368 e. The molecule has 0 aliphatic rings. The van der Waals surface area contributed by atoms with Gasteiger partial charge in [0.05, 0.1) is 12.1 Å². The summed E-state index contributed by atoms with van der Waals surface area (Å²) in [7, 11) is 0. The standard InChI is InChI=1S/C13H18N2O2S/c1-4-13(3,17-5-2)11(16)8-10-9-15-6-7-18-12(15)14-10/h6-7,9H,4-5,8H2,1-3H3. The quantitative estimate of drug-likeness (QED) is 0.807. The number of nitrogens with zero attached hydrogens (tertiary/aromatic N) is 2. The Hall–Kier alpha value is -1.20. The largest absolute Gasteiger partial charge is 0.368 e. The van der Waals surface area contributed by atoms with Gasteiger partial charge in [-0.2, -0.15) is 0 Å². The summed E-state index contributed by atoms with van der Waals surface area (Å²) >= 11 is 1.57. The Kier molecular flexibility index (Phi) is 3.82. The van der Waals surface area contributed by atoms with Gasteiger partial charge < -0.3 is 4.74 Å². The third-order valence-corrected chi connectivity index (χ3v) is 3.98. The van der Waals surface area contributed by atoms with Crippen LogP contribution >= 0.6 is 11.3 Å². The smallest absolute Gasteiger partial charge is 0.193 e. The Balaban J connectivity index is 2.13. The monoisotopic (exact) mass is 266 g/mol. The Labute approximate surface area is 111 Å². The Morgan fingerprint density at radius 3 is 2.94 bits per heavy atom. The molecule has 1 atom stereocenters. The van der Waals surface area contributed by atoms with Crippen LogP contribution in [0, 0.1) is 0 Å². The number of carbonyl (C=O) groups excluding carboxylic acids is 1. The van der Waals surface area contributed by atoms with Crippen molar-refractivity contribution in [2.75, 3.05) is 6.61 Å². The van der Waals surface area contributed by atoms with Gasteiger partial charge >= 0.3 is 0 Å². The minimum absolute atomic E-state index is 0.0950. The molecule has 0 spiro atoms. The zero-order chi connectivity index (χ0) is 13.2. The number of fused-ring (bicyclic) bond motifs is 1. The highest BCUT2D eigenvalue weighted by atomic mass is 32.1. The molecule has 2 rings (SSSR count). The highest BCUT2D eigenvalue weighted by Crippen LogP contribution is 2.20. The molecule has 4 nitrogen and oxygen atoms in total. The Morgan fingerprint density at radius 2 is 2.33 bits per heavy atom. The van der Waals surface area contributed by atoms with Crippen LogP contribution in [-0.2, 0) is 16.0 Å². The van der Waals surface area contributed by atoms with Gasteiger partial charge in [0.2, 0.25) is 0 Å². The van der Waals surface area contributed by atoms with Gasteiger partial charge in [0.25, 0.3) is 0 Å². The van der Waals surface area contributed by atoms with Crippen LogP contribution in [0.5, 0.6) is 0 Å². The molecular weight excluding hydrogens is 248 g/mol. The molecule has 0 N–H and O–H groups in total. The van der Waals surface area contributed by atoms with Crippen molar-refractivity contribution in [3.8, 4) is 0 Å². The van der Waals surface area contributed by atoms with Gasteiger partial charge in [-0.3, -0.25) is 9.20 Å². The summed E-state index contributed by atoms with van der Waals surface area (Å²) in [6.07, 6.45) is 4.87. The molecule has 98 valence electrons. The summed E-state index contributed by atoms with van der Waals surface area (Å²) in [6.45, 7) is 6.29. The average Bonchev–Trinajstić information content (AvgIpc) is 2.89. The number of hydrogen-bond acceptors (Lipinski definition) is 4. The number of hydrogen-bond donors (Lipinski definition) is 0. The van der Waals surface area contributed by atoms with Gasteiger partial charge in [-0.15, -0.1) is 11.3 Å². The molecule has 2 aromatic heterocycles. The lowest BCUT2D eigenvalue weighted by atomic mass is 9.94. The van der Waals surface area contributed by atoms with E-state index >= 15 is 0 Å². The summed E-state index contributed by atoms with van der Waals surface area (Å²) in [5, 5.41) is 1.98. The summed E-state index contributed by atoms with van der Waals surface area (Å²) in [5.41, 5.74) is 0.123. The number of Topliss-reactive ketones (excluding diaryl/α,β-unsaturated/α-hetero) is 1. The van der Waals surface area contributed by atoms with Crippen LogP contribution in [0.15, 0.2) is 17.8 Å². The van der Waals surface area contributed by atoms with Crippen molar-refractivity contribution in [2.24, 2.45) is 0 Å². The van der Waals surface area contributed by atoms with E-state index in [1.165, 1.54) is 0 Å². The number of ether oxygens (including phenoxy) is 1. The number of carbonyl (C=O) groups is 1. The number of thiazole rings is 1. The van der Waals surface area contributed by atoms with Crippen molar-refractivity contribution in [1.29, 1.82) is 0 Å². The maximum absolute atomic E-state index is 12.3. The second-order valence-corrected chi connectivity index (χ2v) is 5.32. The third kappa shape index (κ3) is 2.47. The van der Waals surface area contributed by atoms with Crippen LogP contribution in [0.3, 0.4) is 0 Å². The molecular formula is C13H18N2O2S. The second-order valence-electron chi connectivity index (χ2n) is 4.44. The molecule has 5 heteroatoms. The fourth-order valence-electron chi connectivity index (χ4n) is 1.91. The van der Waals surface area contributed by atoms with E-state index in [1.807, 2.05) is 42.9 Å². The van der Waals surface area contributed by atoms with Gasteiger partial charge in [-0.25, -0.2) is 4.98 Å². The Morgan fingerprint density at radius 1 is 1.56 bits per heavy atom. The van der Waals surface area contributed by atoms with Crippen LogP contribution in [-0.4, -0.2) is 27.4 Å². The van der Waals surface area contributed by atoms with Crippen LogP contribution in [0.25, 0.3) is 4.96 Å². The molecule has 0 aromatic carbocycles. The van der Waals surface area contributed by atoms with Gasteiger partial charge in [0, 0.05) is 24.4 Å². The minimum atomic E-state index is -0.689. The third-order valence-electron chi connectivity index (χ3n) is 3.21. The van der Waals surface area contributed by atoms with Crippen molar-refractivity contribution in [1.82, 2.24) is 9.38 Å². The molecule has 0 fully saturated rings. The first kappa shape index (κ1) is 13.2. The molecule has 0 saturated heterocycles. The van der Waals surface area contributed by atoms with E-state index in [0.717, 1.165) is 10.7 Å². The van der Waals surface area contributed by atoms with Gasteiger partial charge in [-0.1, -0.05) is 6.92 Å². The number of ketones is 1. The summed E-state index contributed by atoms with van der Waals surface area (Å²) in [4.78, 5) is 17.6. The molecule has 18 heavy (non-hydrogen) atoms. The van der Waals surface area contributed by atoms with Gasteiger partial charge in [0.1, 0.15) is 5.60 Å². The predicted molar refractivity (Wildman–Crippen MR) is 72.1 cm³/mol. The van der Waals surface area contributed by atoms with E-state index in [4.69, 9.17) is 4.74 Å². The lowest BCUT2D eigenvalue weighted by Crippen LogP contribution is -2.39. The van der Waals surface area contributed by atoms with Gasteiger partial charge in [-0.05, 0) is 20.3 Å². The van der Waals surface area contributed by atoms with Crippen molar-refractivity contribution < 1.29 is 9.53 Å². The van der Waals surface area contributed by atoms with E-state index in [-0.39, 0.29) is 5.78 Å². The number of aromatic nitrogens is 2. The number of imidazole rings is 1. The summed E-state index contributed by atoms with van der Waals surface area (Å²) < 4.78 is 7.53. The lowest BCUT2D eigenvalue weighted by molar-refractivity contribution is -0.141. The van der Waals surface area contributed by atoms with E-state index in [0.29, 0.717) is 19.4 Å². The average molecular weight is 266 g/mol. The zero-order valence-corrected chi connectivity index (χ0v) is 11.8. The molecule has 0 radical (unpaired) electrons.